The third kappa shape index (κ3) is 3.22. The van der Waals surface area contributed by atoms with Crippen LogP contribution in [0.4, 0.5) is 5.69 Å². The summed E-state index contributed by atoms with van der Waals surface area (Å²) in [4.78, 5) is 27.0. The lowest BCUT2D eigenvalue weighted by Gasteiger charge is -2.29. The zero-order valence-corrected chi connectivity index (χ0v) is 16.2. The zero-order valence-electron chi connectivity index (χ0n) is 16.2. The van der Waals surface area contributed by atoms with Gasteiger partial charge in [-0.15, -0.1) is 0 Å². The maximum Gasteiger partial charge on any atom is 0.265 e. The van der Waals surface area contributed by atoms with Gasteiger partial charge >= 0.3 is 0 Å². The number of carbonyl (C=O) groups excluding carboxylic acids is 2. The van der Waals surface area contributed by atoms with E-state index in [0.29, 0.717) is 23.5 Å². The smallest absolute Gasteiger partial charge is 0.265 e. The second kappa shape index (κ2) is 7.03. The number of amides is 1. The highest BCUT2D eigenvalue weighted by Crippen LogP contribution is 2.33. The van der Waals surface area contributed by atoms with Crippen LogP contribution < -0.4 is 9.64 Å². The van der Waals surface area contributed by atoms with Gasteiger partial charge in [-0.2, -0.15) is 0 Å². The first-order valence-corrected chi connectivity index (χ1v) is 9.20. The molecular weight excluding hydrogens is 356 g/mol. The standard InChI is InChI=1S/C22H22N2O4/c1-14-6-7-21-19(9-14)24(22(26)13-28-21)12-20(25)18-10-15(2)23(16(18)3)11-17-5-4-8-27-17/h4-10H,11-13H2,1-3H3. The van der Waals surface area contributed by atoms with Crippen LogP contribution in [0.1, 0.15) is 33.1 Å². The molecule has 0 spiro atoms. The molecule has 0 N–H and O–H groups in total. The van der Waals surface area contributed by atoms with Gasteiger partial charge in [0, 0.05) is 17.0 Å². The first kappa shape index (κ1) is 18.1. The number of aromatic nitrogens is 1. The number of rotatable bonds is 5. The molecule has 3 aromatic rings. The molecule has 6 nitrogen and oxygen atoms in total. The molecule has 1 aromatic carbocycles. The van der Waals surface area contributed by atoms with Crippen LogP contribution in [0, 0.1) is 20.8 Å². The van der Waals surface area contributed by atoms with Gasteiger partial charge in [0.05, 0.1) is 25.0 Å². The third-order valence-corrected chi connectivity index (χ3v) is 5.13. The molecule has 0 saturated heterocycles. The monoisotopic (exact) mass is 378 g/mol. The highest BCUT2D eigenvalue weighted by Gasteiger charge is 2.29. The predicted molar refractivity (Wildman–Crippen MR) is 105 cm³/mol. The molecule has 2 aromatic heterocycles. The van der Waals surface area contributed by atoms with Gasteiger partial charge in [-0.3, -0.25) is 14.5 Å². The van der Waals surface area contributed by atoms with Crippen molar-refractivity contribution in [1.29, 1.82) is 0 Å². The second-order valence-corrected chi connectivity index (χ2v) is 7.11. The van der Waals surface area contributed by atoms with E-state index in [1.807, 2.05) is 61.7 Å². The summed E-state index contributed by atoms with van der Waals surface area (Å²) in [6, 6.07) is 11.3. The lowest BCUT2D eigenvalue weighted by atomic mass is 10.1. The van der Waals surface area contributed by atoms with Crippen LogP contribution in [-0.4, -0.2) is 29.4 Å². The Kier molecular flexibility index (Phi) is 4.55. The van der Waals surface area contributed by atoms with E-state index in [1.54, 1.807) is 6.26 Å². The Balaban J connectivity index is 1.61. The fourth-order valence-corrected chi connectivity index (χ4v) is 3.60. The van der Waals surface area contributed by atoms with Gasteiger partial charge in [0.15, 0.2) is 12.4 Å². The van der Waals surface area contributed by atoms with Crippen molar-refractivity contribution in [3.63, 3.8) is 0 Å². The Hall–Kier alpha value is -3.28. The van der Waals surface area contributed by atoms with E-state index in [4.69, 9.17) is 9.15 Å². The number of ether oxygens (including phenoxy) is 1. The van der Waals surface area contributed by atoms with E-state index in [-0.39, 0.29) is 24.8 Å². The van der Waals surface area contributed by atoms with Crippen molar-refractivity contribution in [2.24, 2.45) is 0 Å². The molecule has 0 fully saturated rings. The summed E-state index contributed by atoms with van der Waals surface area (Å²) in [5.74, 6) is 1.15. The molecular formula is C22H22N2O4. The van der Waals surface area contributed by atoms with Crippen molar-refractivity contribution < 1.29 is 18.7 Å². The Morgan fingerprint density at radius 2 is 1.96 bits per heavy atom. The van der Waals surface area contributed by atoms with Crippen LogP contribution in [0.3, 0.4) is 0 Å². The maximum absolute atomic E-state index is 13.1. The molecule has 1 aliphatic rings. The van der Waals surface area contributed by atoms with Crippen molar-refractivity contribution in [2.45, 2.75) is 27.3 Å². The summed E-state index contributed by atoms with van der Waals surface area (Å²) in [6.07, 6.45) is 1.64. The number of aryl methyl sites for hydroxylation is 2. The first-order chi connectivity index (χ1) is 13.4. The SMILES string of the molecule is Cc1ccc2c(c1)N(CC(=O)c1cc(C)n(Cc3ccco3)c1C)C(=O)CO2. The summed E-state index contributed by atoms with van der Waals surface area (Å²) < 4.78 is 13.0. The average Bonchev–Trinajstić information content (AvgIpc) is 3.28. The fourth-order valence-electron chi connectivity index (χ4n) is 3.60. The number of nitrogens with zero attached hydrogens (tertiary/aromatic N) is 2. The van der Waals surface area contributed by atoms with E-state index >= 15 is 0 Å². The average molecular weight is 378 g/mol. The zero-order chi connectivity index (χ0) is 19.8. The molecule has 0 saturated carbocycles. The van der Waals surface area contributed by atoms with Crippen LogP contribution in [0.5, 0.6) is 5.75 Å². The Morgan fingerprint density at radius 3 is 2.71 bits per heavy atom. The van der Waals surface area contributed by atoms with Crippen LogP contribution in [0.25, 0.3) is 0 Å². The highest BCUT2D eigenvalue weighted by molar-refractivity contribution is 6.07. The molecule has 3 heterocycles. The molecule has 144 valence electrons. The van der Waals surface area contributed by atoms with Gasteiger partial charge in [0.1, 0.15) is 11.5 Å². The number of anilines is 1. The number of furan rings is 1. The van der Waals surface area contributed by atoms with Crippen molar-refractivity contribution in [2.75, 3.05) is 18.1 Å². The number of ketones is 1. The second-order valence-electron chi connectivity index (χ2n) is 7.11. The molecule has 1 aliphatic heterocycles. The minimum absolute atomic E-state index is 0.0102. The van der Waals surface area contributed by atoms with Gasteiger partial charge < -0.3 is 13.7 Å². The third-order valence-electron chi connectivity index (χ3n) is 5.13. The first-order valence-electron chi connectivity index (χ1n) is 9.20. The summed E-state index contributed by atoms with van der Waals surface area (Å²) >= 11 is 0. The van der Waals surface area contributed by atoms with Crippen molar-refractivity contribution in [3.8, 4) is 5.75 Å². The topological polar surface area (TPSA) is 64.7 Å². The minimum atomic E-state index is -0.212. The number of hydrogen-bond acceptors (Lipinski definition) is 4. The van der Waals surface area contributed by atoms with Gasteiger partial charge in [0.2, 0.25) is 0 Å². The summed E-state index contributed by atoms with van der Waals surface area (Å²) in [6.45, 7) is 6.33. The van der Waals surface area contributed by atoms with Gasteiger partial charge in [-0.1, -0.05) is 6.07 Å². The van der Waals surface area contributed by atoms with E-state index in [9.17, 15) is 9.59 Å². The Morgan fingerprint density at radius 1 is 1.14 bits per heavy atom. The molecule has 0 aliphatic carbocycles. The molecule has 0 radical (unpaired) electrons. The summed E-state index contributed by atoms with van der Waals surface area (Å²) in [5.41, 5.74) is 4.11. The van der Waals surface area contributed by atoms with E-state index in [2.05, 4.69) is 0 Å². The number of carbonyl (C=O) groups is 2. The van der Waals surface area contributed by atoms with Crippen LogP contribution in [0.15, 0.2) is 47.1 Å². The quantitative estimate of drug-likeness (QED) is 0.636. The van der Waals surface area contributed by atoms with E-state index < -0.39 is 0 Å². The Bertz CT molecular complexity index is 1050. The number of fused-ring (bicyclic) bond motifs is 1. The van der Waals surface area contributed by atoms with E-state index in [1.165, 1.54) is 4.90 Å². The highest BCUT2D eigenvalue weighted by atomic mass is 16.5. The van der Waals surface area contributed by atoms with Crippen LogP contribution in [-0.2, 0) is 11.3 Å². The maximum atomic E-state index is 13.1. The fraction of sp³-hybridized carbons (Fsp3) is 0.273. The van der Waals surface area contributed by atoms with E-state index in [0.717, 1.165) is 22.7 Å². The summed E-state index contributed by atoms with van der Waals surface area (Å²) in [7, 11) is 0. The Labute approximate surface area is 163 Å². The molecule has 1 amide bonds. The lowest BCUT2D eigenvalue weighted by molar-refractivity contribution is -0.121. The molecule has 0 atom stereocenters. The van der Waals surface area contributed by atoms with Crippen LogP contribution >= 0.6 is 0 Å². The van der Waals surface area contributed by atoms with Gasteiger partial charge in [-0.25, -0.2) is 0 Å². The van der Waals surface area contributed by atoms with Crippen molar-refractivity contribution in [3.05, 3.63) is 70.9 Å². The molecule has 4 rings (SSSR count). The minimum Gasteiger partial charge on any atom is -0.482 e. The molecule has 0 bridgehead atoms. The number of Topliss-reactive ketones (excluding diaryl/α,β-unsaturated/α-hetero) is 1. The molecule has 28 heavy (non-hydrogen) atoms. The van der Waals surface area contributed by atoms with Crippen molar-refractivity contribution >= 4 is 17.4 Å². The van der Waals surface area contributed by atoms with Crippen LogP contribution in [0.2, 0.25) is 0 Å². The van der Waals surface area contributed by atoms with Gasteiger partial charge in [-0.05, 0) is 56.7 Å². The number of benzene rings is 1. The summed E-state index contributed by atoms with van der Waals surface area (Å²) in [5, 5.41) is 0. The van der Waals surface area contributed by atoms with Gasteiger partial charge in [0.25, 0.3) is 5.91 Å². The predicted octanol–water partition coefficient (Wildman–Crippen LogP) is 3.66. The normalized spacial score (nSPS) is 13.4. The molecule has 0 unspecified atom stereocenters. The van der Waals surface area contributed by atoms with Crippen molar-refractivity contribution in [1.82, 2.24) is 4.57 Å². The lowest BCUT2D eigenvalue weighted by Crippen LogP contribution is -2.42. The number of hydrogen-bond donors (Lipinski definition) is 0. The molecule has 6 heteroatoms. The largest absolute Gasteiger partial charge is 0.482 e.